The van der Waals surface area contributed by atoms with E-state index in [1.54, 1.807) is 6.08 Å². The smallest absolute Gasteiger partial charge is 0.244 e. The number of hydrogen-bond acceptors (Lipinski definition) is 5. The summed E-state index contributed by atoms with van der Waals surface area (Å²) in [6.45, 7) is 7.29. The van der Waals surface area contributed by atoms with Gasteiger partial charge in [0.15, 0.2) is 5.58 Å². The maximum Gasteiger partial charge on any atom is 0.244 e. The van der Waals surface area contributed by atoms with Crippen LogP contribution in [0.4, 0.5) is 0 Å². The molecular weight excluding hydrogens is 306 g/mol. The molecule has 0 radical (unpaired) electrons. The van der Waals surface area contributed by atoms with Crippen molar-refractivity contribution in [1.29, 1.82) is 0 Å². The van der Waals surface area contributed by atoms with Crippen molar-refractivity contribution in [2.75, 3.05) is 39.4 Å². The number of carbonyl (C=O) groups excluding carboxylic acids is 1. The molecule has 1 unspecified atom stereocenters. The first-order chi connectivity index (χ1) is 11.7. The van der Waals surface area contributed by atoms with Crippen molar-refractivity contribution in [2.45, 2.75) is 6.92 Å². The summed E-state index contributed by atoms with van der Waals surface area (Å²) in [6.07, 6.45) is 3.06. The van der Waals surface area contributed by atoms with Crippen LogP contribution in [0.2, 0.25) is 0 Å². The van der Waals surface area contributed by atoms with E-state index in [2.05, 4.69) is 22.1 Å². The molecule has 1 atom stereocenters. The lowest BCUT2D eigenvalue weighted by molar-refractivity contribution is -0.116. The van der Waals surface area contributed by atoms with E-state index in [9.17, 15) is 4.79 Å². The van der Waals surface area contributed by atoms with Gasteiger partial charge in [0.05, 0.1) is 13.2 Å². The summed E-state index contributed by atoms with van der Waals surface area (Å²) >= 11 is 0. The van der Waals surface area contributed by atoms with E-state index in [0.29, 0.717) is 18.4 Å². The Kier molecular flexibility index (Phi) is 5.61. The Morgan fingerprint density at radius 1 is 1.38 bits per heavy atom. The number of amides is 1. The molecule has 24 heavy (non-hydrogen) atoms. The standard InChI is InChI=1S/C18H23N3O3/c1-14(13-21-8-10-23-11-9-21)12-19-17(22)6-7-18-20-15-4-2-3-5-16(15)24-18/h2-7,14H,8-13H2,1H3,(H,19,22). The van der Waals surface area contributed by atoms with Crippen LogP contribution >= 0.6 is 0 Å². The molecule has 1 aromatic carbocycles. The Bertz CT molecular complexity index is 671. The first kappa shape index (κ1) is 16.7. The van der Waals surface area contributed by atoms with Crippen LogP contribution in [0.25, 0.3) is 17.2 Å². The summed E-state index contributed by atoms with van der Waals surface area (Å²) < 4.78 is 10.9. The van der Waals surface area contributed by atoms with Gasteiger partial charge in [-0.3, -0.25) is 9.69 Å². The topological polar surface area (TPSA) is 67.6 Å². The van der Waals surface area contributed by atoms with Crippen LogP contribution in [0.1, 0.15) is 12.8 Å². The van der Waals surface area contributed by atoms with Crippen LogP contribution in [0.15, 0.2) is 34.8 Å². The van der Waals surface area contributed by atoms with E-state index in [4.69, 9.17) is 9.15 Å². The number of fused-ring (bicyclic) bond motifs is 1. The first-order valence-corrected chi connectivity index (χ1v) is 8.32. The van der Waals surface area contributed by atoms with E-state index in [1.165, 1.54) is 6.08 Å². The van der Waals surface area contributed by atoms with Gasteiger partial charge in [-0.25, -0.2) is 4.98 Å². The lowest BCUT2D eigenvalue weighted by atomic mass is 10.1. The Morgan fingerprint density at radius 3 is 2.96 bits per heavy atom. The third kappa shape index (κ3) is 4.66. The van der Waals surface area contributed by atoms with Crippen LogP contribution in [0.3, 0.4) is 0 Å². The Labute approximate surface area is 141 Å². The average molecular weight is 329 g/mol. The highest BCUT2D eigenvalue weighted by Gasteiger charge is 2.13. The molecule has 1 N–H and O–H groups in total. The fraction of sp³-hybridized carbons (Fsp3) is 0.444. The number of rotatable bonds is 6. The summed E-state index contributed by atoms with van der Waals surface area (Å²) in [5.74, 6) is 0.698. The van der Waals surface area contributed by atoms with Gasteiger partial charge in [-0.2, -0.15) is 0 Å². The predicted octanol–water partition coefficient (Wildman–Crippen LogP) is 1.93. The number of morpholine rings is 1. The molecule has 2 heterocycles. The number of aromatic nitrogens is 1. The average Bonchev–Trinajstić information content (AvgIpc) is 3.02. The van der Waals surface area contributed by atoms with Gasteiger partial charge < -0.3 is 14.5 Å². The van der Waals surface area contributed by atoms with Gasteiger partial charge in [0, 0.05) is 38.3 Å². The van der Waals surface area contributed by atoms with Crippen molar-refractivity contribution in [3.63, 3.8) is 0 Å². The molecule has 6 heteroatoms. The van der Waals surface area contributed by atoms with Crippen molar-refractivity contribution in [3.8, 4) is 0 Å². The molecule has 0 bridgehead atoms. The fourth-order valence-electron chi connectivity index (χ4n) is 2.73. The summed E-state index contributed by atoms with van der Waals surface area (Å²) in [7, 11) is 0. The number of benzene rings is 1. The Morgan fingerprint density at radius 2 is 2.17 bits per heavy atom. The van der Waals surface area contributed by atoms with Gasteiger partial charge >= 0.3 is 0 Å². The van der Waals surface area contributed by atoms with Crippen LogP contribution in [0, 0.1) is 5.92 Å². The van der Waals surface area contributed by atoms with Crippen LogP contribution in [-0.2, 0) is 9.53 Å². The van der Waals surface area contributed by atoms with E-state index >= 15 is 0 Å². The minimum atomic E-state index is -0.133. The molecular formula is C18H23N3O3. The first-order valence-electron chi connectivity index (χ1n) is 8.32. The third-order valence-corrected chi connectivity index (χ3v) is 3.99. The van der Waals surface area contributed by atoms with Crippen molar-refractivity contribution in [3.05, 3.63) is 36.2 Å². The summed E-state index contributed by atoms with van der Waals surface area (Å²) in [5, 5.41) is 2.92. The van der Waals surface area contributed by atoms with E-state index < -0.39 is 0 Å². The Hall–Kier alpha value is -2.18. The highest BCUT2D eigenvalue weighted by molar-refractivity contribution is 5.91. The zero-order valence-electron chi connectivity index (χ0n) is 13.9. The quantitative estimate of drug-likeness (QED) is 0.820. The summed E-state index contributed by atoms with van der Waals surface area (Å²) in [4.78, 5) is 18.6. The van der Waals surface area contributed by atoms with Gasteiger partial charge in [-0.15, -0.1) is 0 Å². The van der Waals surface area contributed by atoms with Crippen molar-refractivity contribution >= 4 is 23.1 Å². The van der Waals surface area contributed by atoms with Gasteiger partial charge in [0.1, 0.15) is 5.52 Å². The van der Waals surface area contributed by atoms with Gasteiger partial charge in [0.2, 0.25) is 11.8 Å². The second-order valence-corrected chi connectivity index (χ2v) is 6.12. The number of ether oxygens (including phenoxy) is 1. The maximum atomic E-state index is 11.9. The fourth-order valence-corrected chi connectivity index (χ4v) is 2.73. The molecule has 1 aliphatic heterocycles. The van der Waals surface area contributed by atoms with Crippen LogP contribution < -0.4 is 5.32 Å². The summed E-state index contributed by atoms with van der Waals surface area (Å²) in [5.41, 5.74) is 1.51. The van der Waals surface area contributed by atoms with Crippen LogP contribution in [0.5, 0.6) is 0 Å². The highest BCUT2D eigenvalue weighted by Crippen LogP contribution is 2.15. The molecule has 0 aliphatic carbocycles. The number of carbonyl (C=O) groups is 1. The molecule has 2 aromatic rings. The monoisotopic (exact) mass is 329 g/mol. The molecule has 0 saturated carbocycles. The lowest BCUT2D eigenvalue weighted by Gasteiger charge is -2.29. The Balaban J connectivity index is 1.44. The molecule has 6 nitrogen and oxygen atoms in total. The lowest BCUT2D eigenvalue weighted by Crippen LogP contribution is -2.41. The van der Waals surface area contributed by atoms with Crippen LogP contribution in [-0.4, -0.2) is 55.2 Å². The number of nitrogens with zero attached hydrogens (tertiary/aromatic N) is 2. The minimum absolute atomic E-state index is 0.133. The summed E-state index contributed by atoms with van der Waals surface area (Å²) in [6, 6.07) is 7.53. The second kappa shape index (κ2) is 8.08. The predicted molar refractivity (Wildman–Crippen MR) is 92.5 cm³/mol. The second-order valence-electron chi connectivity index (χ2n) is 6.12. The third-order valence-electron chi connectivity index (χ3n) is 3.99. The SMILES string of the molecule is CC(CNC(=O)C=Cc1nc2ccccc2o1)CN1CCOCC1. The van der Waals surface area contributed by atoms with Gasteiger partial charge in [0.25, 0.3) is 0 Å². The number of nitrogens with one attached hydrogen (secondary N) is 1. The van der Waals surface area contributed by atoms with Crippen molar-refractivity contribution < 1.29 is 13.9 Å². The maximum absolute atomic E-state index is 11.9. The molecule has 1 fully saturated rings. The molecule has 128 valence electrons. The number of hydrogen-bond donors (Lipinski definition) is 1. The zero-order valence-corrected chi connectivity index (χ0v) is 13.9. The molecule has 0 spiro atoms. The molecule has 1 amide bonds. The molecule has 1 aromatic heterocycles. The van der Waals surface area contributed by atoms with E-state index in [0.717, 1.165) is 43.9 Å². The van der Waals surface area contributed by atoms with Gasteiger partial charge in [-0.1, -0.05) is 19.1 Å². The zero-order chi connectivity index (χ0) is 16.8. The molecule has 3 rings (SSSR count). The molecule has 1 aliphatic rings. The van der Waals surface area contributed by atoms with Crippen molar-refractivity contribution in [2.24, 2.45) is 5.92 Å². The largest absolute Gasteiger partial charge is 0.437 e. The highest BCUT2D eigenvalue weighted by atomic mass is 16.5. The number of oxazole rings is 1. The van der Waals surface area contributed by atoms with E-state index in [-0.39, 0.29) is 5.91 Å². The minimum Gasteiger partial charge on any atom is -0.437 e. The number of para-hydroxylation sites is 2. The normalized spacial score (nSPS) is 17.4. The van der Waals surface area contributed by atoms with Crippen molar-refractivity contribution in [1.82, 2.24) is 15.2 Å². The van der Waals surface area contributed by atoms with E-state index in [1.807, 2.05) is 24.3 Å². The van der Waals surface area contributed by atoms with Gasteiger partial charge in [-0.05, 0) is 18.1 Å². The molecule has 1 saturated heterocycles.